The van der Waals surface area contributed by atoms with Gasteiger partial charge in [-0.25, -0.2) is 0 Å². The summed E-state index contributed by atoms with van der Waals surface area (Å²) >= 11 is 0. The standard InChI is InChI=1S/C19H23N3O3/c1-10(2)15-12(11-8-6-5-7-9-11)16(22-21-15)20-17(23)13-14(18(24)25)19(13,3)4/h5-10,13-14H,1-4H3,(H,24,25)(H2,20,21,22,23)/t13-,14-/m1/s1. The van der Waals surface area contributed by atoms with Crippen LogP contribution in [-0.4, -0.2) is 27.2 Å². The molecule has 132 valence electrons. The highest BCUT2D eigenvalue weighted by Crippen LogP contribution is 2.58. The number of nitrogens with zero attached hydrogens (tertiary/aromatic N) is 1. The van der Waals surface area contributed by atoms with E-state index in [4.69, 9.17) is 0 Å². The number of amides is 1. The molecule has 0 bridgehead atoms. The van der Waals surface area contributed by atoms with Gasteiger partial charge in [-0.3, -0.25) is 14.7 Å². The fraction of sp³-hybridized carbons (Fsp3) is 0.421. The molecule has 0 radical (unpaired) electrons. The first kappa shape index (κ1) is 17.2. The third-order valence-electron chi connectivity index (χ3n) is 5.05. The molecule has 1 amide bonds. The van der Waals surface area contributed by atoms with Crippen molar-refractivity contribution in [1.29, 1.82) is 0 Å². The lowest BCUT2D eigenvalue weighted by Gasteiger charge is -2.10. The van der Waals surface area contributed by atoms with E-state index in [0.29, 0.717) is 5.82 Å². The van der Waals surface area contributed by atoms with Crippen molar-refractivity contribution in [2.24, 2.45) is 17.3 Å². The van der Waals surface area contributed by atoms with Gasteiger partial charge in [0.25, 0.3) is 0 Å². The van der Waals surface area contributed by atoms with E-state index in [2.05, 4.69) is 29.4 Å². The SMILES string of the molecule is CC(C)c1[nH]nc(NC(=O)[C@H]2[C@H](C(=O)O)C2(C)C)c1-c1ccccc1. The maximum atomic E-state index is 12.6. The molecule has 1 aromatic heterocycles. The molecular formula is C19H23N3O3. The Balaban J connectivity index is 1.92. The fourth-order valence-electron chi connectivity index (χ4n) is 3.54. The predicted molar refractivity (Wildman–Crippen MR) is 95.1 cm³/mol. The Morgan fingerprint density at radius 2 is 1.84 bits per heavy atom. The molecule has 0 spiro atoms. The maximum absolute atomic E-state index is 12.6. The Hall–Kier alpha value is -2.63. The van der Waals surface area contributed by atoms with Gasteiger partial charge in [0.15, 0.2) is 5.82 Å². The summed E-state index contributed by atoms with van der Waals surface area (Å²) in [4.78, 5) is 24.0. The Kier molecular flexibility index (Phi) is 4.14. The van der Waals surface area contributed by atoms with Crippen LogP contribution in [0.3, 0.4) is 0 Å². The minimum absolute atomic E-state index is 0.206. The molecule has 1 fully saturated rings. The van der Waals surface area contributed by atoms with Crippen molar-refractivity contribution in [2.45, 2.75) is 33.6 Å². The van der Waals surface area contributed by atoms with E-state index in [1.54, 1.807) is 13.8 Å². The molecule has 3 N–H and O–H groups in total. The highest BCUT2D eigenvalue weighted by Gasteiger charge is 2.66. The number of H-pyrrole nitrogens is 1. The number of benzene rings is 1. The molecule has 6 heteroatoms. The van der Waals surface area contributed by atoms with Crippen molar-refractivity contribution >= 4 is 17.7 Å². The lowest BCUT2D eigenvalue weighted by atomic mass is 9.99. The molecule has 1 aliphatic carbocycles. The number of aromatic amines is 1. The molecule has 0 saturated heterocycles. The highest BCUT2D eigenvalue weighted by molar-refractivity contribution is 6.01. The van der Waals surface area contributed by atoms with Gasteiger partial charge in [0.2, 0.25) is 5.91 Å². The summed E-state index contributed by atoms with van der Waals surface area (Å²) in [7, 11) is 0. The van der Waals surface area contributed by atoms with Crippen LogP contribution in [0.2, 0.25) is 0 Å². The largest absolute Gasteiger partial charge is 0.481 e. The lowest BCUT2D eigenvalue weighted by Crippen LogP contribution is -2.18. The van der Waals surface area contributed by atoms with Crippen LogP contribution in [0.1, 0.15) is 39.3 Å². The number of nitrogens with one attached hydrogen (secondary N) is 2. The lowest BCUT2D eigenvalue weighted by molar-refractivity contribution is -0.140. The number of carboxylic acid groups (broad SMARTS) is 1. The van der Waals surface area contributed by atoms with Gasteiger partial charge < -0.3 is 10.4 Å². The zero-order valence-corrected chi connectivity index (χ0v) is 14.8. The van der Waals surface area contributed by atoms with Crippen LogP contribution in [0.4, 0.5) is 5.82 Å². The molecule has 1 saturated carbocycles. The highest BCUT2D eigenvalue weighted by atomic mass is 16.4. The molecule has 2 aromatic rings. The molecule has 25 heavy (non-hydrogen) atoms. The monoisotopic (exact) mass is 341 g/mol. The van der Waals surface area contributed by atoms with Gasteiger partial charge in [-0.2, -0.15) is 5.10 Å². The van der Waals surface area contributed by atoms with Crippen molar-refractivity contribution < 1.29 is 14.7 Å². The molecular weight excluding hydrogens is 318 g/mol. The van der Waals surface area contributed by atoms with E-state index >= 15 is 0 Å². The Morgan fingerprint density at radius 3 is 2.36 bits per heavy atom. The van der Waals surface area contributed by atoms with Crippen LogP contribution in [0.25, 0.3) is 11.1 Å². The first-order valence-corrected chi connectivity index (χ1v) is 8.42. The minimum atomic E-state index is -0.932. The summed E-state index contributed by atoms with van der Waals surface area (Å²) in [5.41, 5.74) is 2.21. The third kappa shape index (κ3) is 2.92. The first-order valence-electron chi connectivity index (χ1n) is 8.42. The topological polar surface area (TPSA) is 95.1 Å². The first-order chi connectivity index (χ1) is 11.7. The molecule has 1 aromatic carbocycles. The number of rotatable bonds is 5. The second kappa shape index (κ2) is 6.02. The summed E-state index contributed by atoms with van der Waals surface area (Å²) in [6.45, 7) is 7.71. The van der Waals surface area contributed by atoms with E-state index < -0.39 is 23.2 Å². The number of anilines is 1. The predicted octanol–water partition coefficient (Wildman–Crippen LogP) is 3.50. The number of carbonyl (C=O) groups excluding carboxylic acids is 1. The summed E-state index contributed by atoms with van der Waals surface area (Å²) in [6, 6.07) is 9.73. The summed E-state index contributed by atoms with van der Waals surface area (Å²) < 4.78 is 0. The van der Waals surface area contributed by atoms with E-state index in [9.17, 15) is 14.7 Å². The average molecular weight is 341 g/mol. The van der Waals surface area contributed by atoms with Crippen LogP contribution in [0.5, 0.6) is 0 Å². The second-order valence-electron chi connectivity index (χ2n) is 7.49. The van der Waals surface area contributed by atoms with Crippen molar-refractivity contribution in [3.8, 4) is 11.1 Å². The Labute approximate surface area is 146 Å². The van der Waals surface area contributed by atoms with Gasteiger partial charge in [-0.1, -0.05) is 58.0 Å². The van der Waals surface area contributed by atoms with Gasteiger partial charge in [0.05, 0.1) is 11.8 Å². The van der Waals surface area contributed by atoms with Crippen molar-refractivity contribution in [2.75, 3.05) is 5.32 Å². The van der Waals surface area contributed by atoms with Gasteiger partial charge >= 0.3 is 5.97 Å². The normalized spacial score (nSPS) is 21.2. The van der Waals surface area contributed by atoms with Gasteiger partial charge in [-0.05, 0) is 16.9 Å². The third-order valence-corrected chi connectivity index (χ3v) is 5.05. The number of aromatic nitrogens is 2. The van der Waals surface area contributed by atoms with E-state index in [1.165, 1.54) is 0 Å². The van der Waals surface area contributed by atoms with E-state index in [-0.39, 0.29) is 11.8 Å². The van der Waals surface area contributed by atoms with Gasteiger partial charge in [0.1, 0.15) is 0 Å². The van der Waals surface area contributed by atoms with Crippen LogP contribution in [0.15, 0.2) is 30.3 Å². The number of aliphatic carboxylic acids is 1. The smallest absolute Gasteiger partial charge is 0.307 e. The van der Waals surface area contributed by atoms with Crippen LogP contribution < -0.4 is 5.32 Å². The molecule has 3 rings (SSSR count). The molecule has 0 aliphatic heterocycles. The van der Waals surface area contributed by atoms with Crippen molar-refractivity contribution in [3.05, 3.63) is 36.0 Å². The minimum Gasteiger partial charge on any atom is -0.481 e. The van der Waals surface area contributed by atoms with Gasteiger partial charge in [-0.15, -0.1) is 0 Å². The average Bonchev–Trinajstić information content (AvgIpc) is 2.92. The second-order valence-corrected chi connectivity index (χ2v) is 7.49. The molecule has 6 nitrogen and oxygen atoms in total. The zero-order valence-electron chi connectivity index (χ0n) is 14.8. The number of carbonyl (C=O) groups is 2. The van der Waals surface area contributed by atoms with Gasteiger partial charge in [0, 0.05) is 11.3 Å². The van der Waals surface area contributed by atoms with E-state index in [1.807, 2.05) is 30.3 Å². The number of carboxylic acids is 1. The molecule has 2 atom stereocenters. The number of hydrogen-bond acceptors (Lipinski definition) is 3. The zero-order chi connectivity index (χ0) is 18.4. The van der Waals surface area contributed by atoms with Crippen molar-refractivity contribution in [1.82, 2.24) is 10.2 Å². The Bertz CT molecular complexity index is 809. The Morgan fingerprint density at radius 1 is 1.20 bits per heavy atom. The summed E-state index contributed by atoms with van der Waals surface area (Å²) in [5, 5.41) is 19.4. The molecule has 1 heterocycles. The maximum Gasteiger partial charge on any atom is 0.307 e. The summed E-state index contributed by atoms with van der Waals surface area (Å²) in [5.74, 6) is -1.78. The number of hydrogen-bond donors (Lipinski definition) is 3. The van der Waals surface area contributed by atoms with E-state index in [0.717, 1.165) is 16.8 Å². The van der Waals surface area contributed by atoms with Crippen molar-refractivity contribution in [3.63, 3.8) is 0 Å². The fourth-order valence-corrected chi connectivity index (χ4v) is 3.54. The summed E-state index contributed by atoms with van der Waals surface area (Å²) in [6.07, 6.45) is 0. The van der Waals surface area contributed by atoms with Crippen LogP contribution >= 0.6 is 0 Å². The molecule has 1 aliphatic rings. The van der Waals surface area contributed by atoms with Crippen LogP contribution in [-0.2, 0) is 9.59 Å². The molecule has 0 unspecified atom stereocenters. The quantitative estimate of drug-likeness (QED) is 0.776. The van der Waals surface area contributed by atoms with Crippen LogP contribution in [0, 0.1) is 17.3 Å².